The highest BCUT2D eigenvalue weighted by atomic mass is 32.1. The number of carbonyl (C=O) groups excluding carboxylic acids is 1. The van der Waals surface area contributed by atoms with Crippen LogP contribution in [0.3, 0.4) is 0 Å². The molecule has 4 rings (SSSR count). The van der Waals surface area contributed by atoms with E-state index in [-0.39, 0.29) is 5.91 Å². The van der Waals surface area contributed by atoms with Crippen LogP contribution in [-0.4, -0.2) is 15.7 Å². The number of nitrogens with one attached hydrogen (secondary N) is 1. The fourth-order valence-corrected chi connectivity index (χ4v) is 3.39. The highest BCUT2D eigenvalue weighted by Crippen LogP contribution is 2.43. The number of nitrogens with zero attached hydrogens (tertiary/aromatic N) is 2. The first kappa shape index (κ1) is 13.3. The van der Waals surface area contributed by atoms with Crippen LogP contribution >= 0.6 is 11.3 Å². The van der Waals surface area contributed by atoms with E-state index in [2.05, 4.69) is 16.5 Å². The van der Waals surface area contributed by atoms with E-state index >= 15 is 0 Å². The fraction of sp³-hybridized carbons (Fsp3) is 0.176. The summed E-state index contributed by atoms with van der Waals surface area (Å²) in [6.07, 6.45) is 4.24. The van der Waals surface area contributed by atoms with Gasteiger partial charge in [-0.3, -0.25) is 4.79 Å². The van der Waals surface area contributed by atoms with Gasteiger partial charge in [0.2, 0.25) is 0 Å². The van der Waals surface area contributed by atoms with Gasteiger partial charge in [-0.05, 0) is 47.9 Å². The third-order valence-corrected chi connectivity index (χ3v) is 4.70. The molecule has 1 aliphatic carbocycles. The Kier molecular flexibility index (Phi) is 3.27. The quantitative estimate of drug-likeness (QED) is 0.790. The first-order valence-electron chi connectivity index (χ1n) is 7.31. The fourth-order valence-electron chi connectivity index (χ4n) is 2.51. The smallest absolute Gasteiger partial charge is 0.267 e. The normalized spacial score (nSPS) is 14.0. The molecule has 4 nitrogen and oxygen atoms in total. The first-order chi connectivity index (χ1) is 10.8. The summed E-state index contributed by atoms with van der Waals surface area (Å²) >= 11 is 1.50. The third-order valence-electron chi connectivity index (χ3n) is 3.77. The summed E-state index contributed by atoms with van der Waals surface area (Å²) in [5.74, 6) is 1.09. The Morgan fingerprint density at radius 1 is 1.18 bits per heavy atom. The molecule has 0 radical (unpaired) electrons. The maximum atomic E-state index is 12.4. The van der Waals surface area contributed by atoms with E-state index in [9.17, 15) is 4.79 Å². The van der Waals surface area contributed by atoms with E-state index in [0.717, 1.165) is 10.6 Å². The van der Waals surface area contributed by atoms with E-state index in [1.807, 2.05) is 48.0 Å². The van der Waals surface area contributed by atoms with Crippen molar-refractivity contribution in [2.75, 3.05) is 5.32 Å². The van der Waals surface area contributed by atoms with Gasteiger partial charge in [-0.15, -0.1) is 11.3 Å². The number of para-hydroxylation sites is 1. The molecular formula is C17H15N3OS. The van der Waals surface area contributed by atoms with Gasteiger partial charge in [0.05, 0.1) is 10.6 Å². The summed E-state index contributed by atoms with van der Waals surface area (Å²) in [6.45, 7) is 0. The number of thiophene rings is 1. The van der Waals surface area contributed by atoms with E-state index in [0.29, 0.717) is 11.7 Å². The van der Waals surface area contributed by atoms with Crippen molar-refractivity contribution in [1.82, 2.24) is 9.78 Å². The molecule has 22 heavy (non-hydrogen) atoms. The molecule has 0 aliphatic heterocycles. The number of hydrogen-bond acceptors (Lipinski definition) is 3. The molecule has 5 heteroatoms. The highest BCUT2D eigenvalue weighted by Gasteiger charge is 2.29. The average Bonchev–Trinajstić information content (AvgIpc) is 3.09. The number of anilines is 1. The van der Waals surface area contributed by atoms with Gasteiger partial charge in [-0.1, -0.05) is 18.2 Å². The Bertz CT molecular complexity index is 802. The molecule has 1 aliphatic rings. The van der Waals surface area contributed by atoms with Crippen molar-refractivity contribution in [3.8, 4) is 5.69 Å². The molecular weight excluding hydrogens is 294 g/mol. The summed E-state index contributed by atoms with van der Waals surface area (Å²) in [4.78, 5) is 13.2. The molecule has 1 N–H and O–H groups in total. The highest BCUT2D eigenvalue weighted by molar-refractivity contribution is 7.12. The van der Waals surface area contributed by atoms with Crippen LogP contribution in [0.1, 0.15) is 34.0 Å². The van der Waals surface area contributed by atoms with Crippen molar-refractivity contribution in [2.24, 2.45) is 0 Å². The molecule has 0 unspecified atom stereocenters. The standard InChI is InChI=1S/C17H15N3OS/c21-17(16-14(9-11-22-16)12-6-7-12)18-15-8-10-20(19-15)13-4-2-1-3-5-13/h1-5,8-12H,6-7H2,(H,18,19,21). The van der Waals surface area contributed by atoms with Gasteiger partial charge in [-0.2, -0.15) is 5.10 Å². The number of amides is 1. The molecule has 2 aromatic heterocycles. The van der Waals surface area contributed by atoms with Crippen molar-refractivity contribution >= 4 is 23.1 Å². The van der Waals surface area contributed by atoms with Gasteiger partial charge in [0, 0.05) is 12.3 Å². The number of rotatable bonds is 4. The van der Waals surface area contributed by atoms with Gasteiger partial charge in [0.15, 0.2) is 5.82 Å². The van der Waals surface area contributed by atoms with Crippen LogP contribution in [0.15, 0.2) is 54.0 Å². The summed E-state index contributed by atoms with van der Waals surface area (Å²) < 4.78 is 1.76. The zero-order chi connectivity index (χ0) is 14.9. The molecule has 3 aromatic rings. The Hall–Kier alpha value is -2.40. The number of benzene rings is 1. The van der Waals surface area contributed by atoms with E-state index in [1.165, 1.54) is 29.7 Å². The zero-order valence-electron chi connectivity index (χ0n) is 11.9. The zero-order valence-corrected chi connectivity index (χ0v) is 12.7. The predicted octanol–water partition coefficient (Wildman–Crippen LogP) is 4.06. The van der Waals surface area contributed by atoms with Crippen molar-refractivity contribution in [1.29, 1.82) is 0 Å². The van der Waals surface area contributed by atoms with Crippen LogP contribution < -0.4 is 5.32 Å². The topological polar surface area (TPSA) is 46.9 Å². The summed E-state index contributed by atoms with van der Waals surface area (Å²) in [5.41, 5.74) is 2.16. The molecule has 1 fully saturated rings. The van der Waals surface area contributed by atoms with Crippen LogP contribution in [0.5, 0.6) is 0 Å². The van der Waals surface area contributed by atoms with E-state index in [1.54, 1.807) is 4.68 Å². The summed E-state index contributed by atoms with van der Waals surface area (Å²) in [5, 5.41) is 9.30. The maximum Gasteiger partial charge on any atom is 0.267 e. The van der Waals surface area contributed by atoms with Crippen LogP contribution in [0, 0.1) is 0 Å². The van der Waals surface area contributed by atoms with Gasteiger partial charge in [-0.25, -0.2) is 4.68 Å². The van der Waals surface area contributed by atoms with Crippen molar-refractivity contribution < 1.29 is 4.79 Å². The van der Waals surface area contributed by atoms with Crippen LogP contribution in [0.4, 0.5) is 5.82 Å². The van der Waals surface area contributed by atoms with Crippen LogP contribution in [0.2, 0.25) is 0 Å². The second kappa shape index (κ2) is 5.42. The Balaban J connectivity index is 1.53. The Morgan fingerprint density at radius 3 is 2.77 bits per heavy atom. The van der Waals surface area contributed by atoms with Gasteiger partial charge >= 0.3 is 0 Å². The second-order valence-electron chi connectivity index (χ2n) is 5.41. The number of aromatic nitrogens is 2. The molecule has 2 heterocycles. The minimum absolute atomic E-state index is 0.0600. The lowest BCUT2D eigenvalue weighted by Gasteiger charge is -2.03. The minimum Gasteiger partial charge on any atom is -0.304 e. The van der Waals surface area contributed by atoms with Crippen LogP contribution in [-0.2, 0) is 0 Å². The number of hydrogen-bond donors (Lipinski definition) is 1. The van der Waals surface area contributed by atoms with Gasteiger partial charge in [0.25, 0.3) is 5.91 Å². The molecule has 110 valence electrons. The van der Waals surface area contributed by atoms with E-state index in [4.69, 9.17) is 0 Å². The lowest BCUT2D eigenvalue weighted by atomic mass is 10.1. The predicted molar refractivity (Wildman–Crippen MR) is 87.8 cm³/mol. The van der Waals surface area contributed by atoms with Crippen molar-refractivity contribution in [2.45, 2.75) is 18.8 Å². The largest absolute Gasteiger partial charge is 0.304 e. The minimum atomic E-state index is -0.0600. The molecule has 0 bridgehead atoms. The lowest BCUT2D eigenvalue weighted by Crippen LogP contribution is -2.12. The average molecular weight is 309 g/mol. The summed E-state index contributed by atoms with van der Waals surface area (Å²) in [6, 6.07) is 13.7. The third kappa shape index (κ3) is 2.55. The van der Waals surface area contributed by atoms with Gasteiger partial charge in [0.1, 0.15) is 0 Å². The lowest BCUT2D eigenvalue weighted by molar-refractivity contribution is 0.102. The maximum absolute atomic E-state index is 12.4. The Labute approximate surface area is 132 Å². The molecule has 0 saturated heterocycles. The van der Waals surface area contributed by atoms with E-state index < -0.39 is 0 Å². The van der Waals surface area contributed by atoms with Crippen LogP contribution in [0.25, 0.3) is 5.69 Å². The molecule has 1 aromatic carbocycles. The monoisotopic (exact) mass is 309 g/mol. The second-order valence-corrected chi connectivity index (χ2v) is 6.33. The number of carbonyl (C=O) groups is 1. The van der Waals surface area contributed by atoms with Crippen molar-refractivity contribution in [3.05, 3.63) is 64.5 Å². The SMILES string of the molecule is O=C(Nc1ccn(-c2ccccc2)n1)c1sccc1C1CC1. The molecule has 1 saturated carbocycles. The Morgan fingerprint density at radius 2 is 2.00 bits per heavy atom. The molecule has 0 spiro atoms. The molecule has 1 amide bonds. The molecule has 0 atom stereocenters. The van der Waals surface area contributed by atoms with Crippen molar-refractivity contribution in [3.63, 3.8) is 0 Å². The summed E-state index contributed by atoms with van der Waals surface area (Å²) in [7, 11) is 0. The van der Waals surface area contributed by atoms with Gasteiger partial charge < -0.3 is 5.32 Å². The first-order valence-corrected chi connectivity index (χ1v) is 8.19.